The molecule has 0 saturated heterocycles. The molecule has 0 fully saturated rings. The number of non-ortho nitro benzene ring substituents is 1. The standard InChI is InChI=1S/C25H16ClN3O2/c26-20-8-4-7-16-17-10-11-18-22(14-5-2-1-3-6-14)19-13-15(29(30)31)9-12-21(19)27-25(18)24(17)28-23(16)20/h1-9,12-13,28H,10-11H2. The second-order valence-electron chi connectivity index (χ2n) is 7.78. The Balaban J connectivity index is 1.73. The second-order valence-corrected chi connectivity index (χ2v) is 8.19. The Morgan fingerprint density at radius 1 is 0.935 bits per heavy atom. The zero-order valence-corrected chi connectivity index (χ0v) is 17.1. The van der Waals surface area contributed by atoms with Gasteiger partial charge in [-0.3, -0.25) is 10.1 Å². The van der Waals surface area contributed by atoms with Crippen molar-refractivity contribution in [1.29, 1.82) is 0 Å². The minimum absolute atomic E-state index is 0.0697. The molecular weight excluding hydrogens is 410 g/mol. The lowest BCUT2D eigenvalue weighted by atomic mass is 9.85. The van der Waals surface area contributed by atoms with Crippen LogP contribution in [-0.4, -0.2) is 14.9 Å². The van der Waals surface area contributed by atoms with Crippen LogP contribution in [0.5, 0.6) is 0 Å². The van der Waals surface area contributed by atoms with Crippen LogP contribution in [0, 0.1) is 10.1 Å². The summed E-state index contributed by atoms with van der Waals surface area (Å²) < 4.78 is 0. The Hall–Kier alpha value is -3.70. The lowest BCUT2D eigenvalue weighted by Crippen LogP contribution is -2.08. The van der Waals surface area contributed by atoms with Crippen molar-refractivity contribution in [3.8, 4) is 22.5 Å². The molecule has 3 aromatic carbocycles. The van der Waals surface area contributed by atoms with E-state index in [4.69, 9.17) is 16.6 Å². The smallest absolute Gasteiger partial charge is 0.270 e. The van der Waals surface area contributed by atoms with Crippen molar-refractivity contribution >= 4 is 39.1 Å². The van der Waals surface area contributed by atoms with Crippen molar-refractivity contribution in [3.63, 3.8) is 0 Å². The van der Waals surface area contributed by atoms with Crippen LogP contribution < -0.4 is 0 Å². The van der Waals surface area contributed by atoms with E-state index in [-0.39, 0.29) is 10.6 Å². The zero-order chi connectivity index (χ0) is 21.1. The van der Waals surface area contributed by atoms with Gasteiger partial charge in [-0.15, -0.1) is 0 Å². The SMILES string of the molecule is O=[N+]([O-])c1ccc2nc3c(c(-c4ccccc4)c2c1)CCc1c-3[nH]c2c(Cl)cccc12. The number of halogens is 1. The Morgan fingerprint density at radius 2 is 1.74 bits per heavy atom. The normalized spacial score (nSPS) is 12.7. The number of para-hydroxylation sites is 1. The molecule has 2 aromatic heterocycles. The first-order chi connectivity index (χ1) is 15.1. The van der Waals surface area contributed by atoms with Crippen LogP contribution in [0.4, 0.5) is 5.69 Å². The average molecular weight is 426 g/mol. The molecule has 150 valence electrons. The first-order valence-electron chi connectivity index (χ1n) is 10.1. The summed E-state index contributed by atoms with van der Waals surface area (Å²) in [5.41, 5.74) is 7.99. The van der Waals surface area contributed by atoms with Gasteiger partial charge in [0.15, 0.2) is 0 Å². The highest BCUT2D eigenvalue weighted by molar-refractivity contribution is 6.35. The zero-order valence-electron chi connectivity index (χ0n) is 16.4. The summed E-state index contributed by atoms with van der Waals surface area (Å²) >= 11 is 6.46. The number of nitrogens with one attached hydrogen (secondary N) is 1. The van der Waals surface area contributed by atoms with E-state index in [1.807, 2.05) is 42.5 Å². The fraction of sp³-hybridized carbons (Fsp3) is 0.0800. The van der Waals surface area contributed by atoms with Crippen LogP contribution in [0.15, 0.2) is 66.7 Å². The lowest BCUT2D eigenvalue weighted by molar-refractivity contribution is -0.384. The fourth-order valence-electron chi connectivity index (χ4n) is 4.74. The number of hydrogen-bond donors (Lipinski definition) is 1. The van der Waals surface area contributed by atoms with Gasteiger partial charge in [0, 0.05) is 22.9 Å². The van der Waals surface area contributed by atoms with Crippen LogP contribution in [0.3, 0.4) is 0 Å². The van der Waals surface area contributed by atoms with Gasteiger partial charge in [0.05, 0.1) is 32.4 Å². The Bertz CT molecular complexity index is 1520. The number of nitrogens with zero attached hydrogens (tertiary/aromatic N) is 2. The summed E-state index contributed by atoms with van der Waals surface area (Å²) in [6.45, 7) is 0. The summed E-state index contributed by atoms with van der Waals surface area (Å²) in [6.07, 6.45) is 1.66. The van der Waals surface area contributed by atoms with Gasteiger partial charge in [0.2, 0.25) is 0 Å². The first-order valence-corrected chi connectivity index (χ1v) is 10.5. The molecule has 2 heterocycles. The maximum Gasteiger partial charge on any atom is 0.270 e. The number of pyridine rings is 1. The Labute approximate surface area is 182 Å². The Morgan fingerprint density at radius 3 is 2.55 bits per heavy atom. The van der Waals surface area contributed by atoms with Gasteiger partial charge < -0.3 is 4.98 Å². The fourth-order valence-corrected chi connectivity index (χ4v) is 4.96. The highest BCUT2D eigenvalue weighted by Gasteiger charge is 2.27. The van der Waals surface area contributed by atoms with Crippen molar-refractivity contribution in [2.24, 2.45) is 0 Å². The molecule has 5 aromatic rings. The molecule has 0 saturated carbocycles. The molecule has 6 rings (SSSR count). The van der Waals surface area contributed by atoms with Crippen LogP contribution >= 0.6 is 11.6 Å². The summed E-state index contributed by atoms with van der Waals surface area (Å²) in [5.74, 6) is 0. The molecule has 0 aliphatic heterocycles. The van der Waals surface area contributed by atoms with Gasteiger partial charge in [0.25, 0.3) is 5.69 Å². The molecule has 1 N–H and O–H groups in total. The van der Waals surface area contributed by atoms with E-state index >= 15 is 0 Å². The highest BCUT2D eigenvalue weighted by Crippen LogP contribution is 2.44. The number of nitro benzene ring substituents is 1. The van der Waals surface area contributed by atoms with Crippen molar-refractivity contribution in [3.05, 3.63) is 93.0 Å². The van der Waals surface area contributed by atoms with E-state index < -0.39 is 0 Å². The van der Waals surface area contributed by atoms with Crippen LogP contribution in [0.25, 0.3) is 44.3 Å². The molecule has 1 aliphatic carbocycles. The quantitative estimate of drug-likeness (QED) is 0.252. The van der Waals surface area contributed by atoms with Crippen LogP contribution in [0.2, 0.25) is 5.02 Å². The number of benzene rings is 3. The molecular formula is C25H16ClN3O2. The summed E-state index contributed by atoms with van der Waals surface area (Å²) in [6, 6.07) is 20.9. The van der Waals surface area contributed by atoms with Crippen molar-refractivity contribution in [2.45, 2.75) is 12.8 Å². The molecule has 0 unspecified atom stereocenters. The first kappa shape index (κ1) is 18.1. The Kier molecular flexibility index (Phi) is 3.88. The molecule has 0 spiro atoms. The maximum atomic E-state index is 11.4. The van der Waals surface area contributed by atoms with E-state index in [0.29, 0.717) is 5.02 Å². The third-order valence-corrected chi connectivity index (χ3v) is 6.41. The lowest BCUT2D eigenvalue weighted by Gasteiger charge is -2.21. The van der Waals surface area contributed by atoms with Crippen molar-refractivity contribution in [1.82, 2.24) is 9.97 Å². The number of H-pyrrole nitrogens is 1. The average Bonchev–Trinajstić information content (AvgIpc) is 3.18. The minimum atomic E-state index is -0.356. The number of aromatic nitrogens is 2. The third-order valence-electron chi connectivity index (χ3n) is 6.09. The molecule has 6 heteroatoms. The van der Waals surface area contributed by atoms with Gasteiger partial charge in [-0.1, -0.05) is 54.1 Å². The van der Waals surface area contributed by atoms with Gasteiger partial charge in [-0.2, -0.15) is 0 Å². The highest BCUT2D eigenvalue weighted by atomic mass is 35.5. The van der Waals surface area contributed by atoms with Crippen molar-refractivity contribution in [2.75, 3.05) is 0 Å². The van der Waals surface area contributed by atoms with Gasteiger partial charge >= 0.3 is 0 Å². The van der Waals surface area contributed by atoms with E-state index in [9.17, 15) is 10.1 Å². The largest absolute Gasteiger partial charge is 0.352 e. The van der Waals surface area contributed by atoms with E-state index in [2.05, 4.69) is 11.1 Å². The van der Waals surface area contributed by atoms with Gasteiger partial charge in [-0.25, -0.2) is 4.98 Å². The molecule has 0 radical (unpaired) electrons. The maximum absolute atomic E-state index is 11.4. The molecule has 31 heavy (non-hydrogen) atoms. The van der Waals surface area contributed by atoms with E-state index in [1.165, 1.54) is 11.6 Å². The molecule has 5 nitrogen and oxygen atoms in total. The second kappa shape index (κ2) is 6.65. The number of fused-ring (bicyclic) bond motifs is 6. The third kappa shape index (κ3) is 2.67. The number of nitro groups is 1. The summed E-state index contributed by atoms with van der Waals surface area (Å²) in [5, 5.41) is 14.1. The van der Waals surface area contributed by atoms with Gasteiger partial charge in [-0.05, 0) is 47.2 Å². The monoisotopic (exact) mass is 425 g/mol. The molecule has 0 bridgehead atoms. The number of rotatable bonds is 2. The summed E-state index contributed by atoms with van der Waals surface area (Å²) in [4.78, 5) is 19.6. The molecule has 1 aliphatic rings. The minimum Gasteiger partial charge on any atom is -0.352 e. The number of hydrogen-bond acceptors (Lipinski definition) is 3. The van der Waals surface area contributed by atoms with Crippen LogP contribution in [-0.2, 0) is 12.8 Å². The van der Waals surface area contributed by atoms with Crippen LogP contribution in [0.1, 0.15) is 11.1 Å². The van der Waals surface area contributed by atoms with Gasteiger partial charge in [0.1, 0.15) is 0 Å². The van der Waals surface area contributed by atoms with E-state index in [0.717, 1.165) is 62.7 Å². The predicted octanol–water partition coefficient (Wildman–Crippen LogP) is 6.71. The molecule has 0 amide bonds. The predicted molar refractivity (Wildman–Crippen MR) is 124 cm³/mol. The summed E-state index contributed by atoms with van der Waals surface area (Å²) in [7, 11) is 0. The van der Waals surface area contributed by atoms with Crippen molar-refractivity contribution < 1.29 is 4.92 Å². The topological polar surface area (TPSA) is 71.8 Å². The number of aromatic amines is 1. The number of aryl methyl sites for hydroxylation is 1. The molecule has 0 atom stereocenters. The van der Waals surface area contributed by atoms with E-state index in [1.54, 1.807) is 12.1 Å².